The fourth-order valence-electron chi connectivity index (χ4n) is 4.90. The Labute approximate surface area is 222 Å². The van der Waals surface area contributed by atoms with E-state index in [1.54, 1.807) is 0 Å². The third-order valence-corrected chi connectivity index (χ3v) is 6.92. The molecule has 1 unspecified atom stereocenters. The lowest BCUT2D eigenvalue weighted by Gasteiger charge is -2.23. The number of nitrogens with two attached hydrogens (primary N) is 2. The first kappa shape index (κ1) is 26.8. The molecule has 38 heavy (non-hydrogen) atoms. The summed E-state index contributed by atoms with van der Waals surface area (Å²) in [7, 11) is 0. The maximum atomic E-state index is 11.4. The van der Waals surface area contributed by atoms with Crippen molar-refractivity contribution in [1.29, 1.82) is 0 Å². The number of benzene rings is 4. The average Bonchev–Trinajstić information content (AvgIpc) is 3.11. The normalized spacial score (nSPS) is 14.1. The molecule has 2 atom stereocenters. The summed E-state index contributed by atoms with van der Waals surface area (Å²) in [5, 5.41) is 18.1. The van der Waals surface area contributed by atoms with E-state index in [-0.39, 0.29) is 5.92 Å². The van der Waals surface area contributed by atoms with Crippen LogP contribution in [0.4, 0.5) is 0 Å². The van der Waals surface area contributed by atoms with E-state index in [0.717, 1.165) is 40.7 Å². The van der Waals surface area contributed by atoms with Gasteiger partial charge in [0.1, 0.15) is 12.1 Å². The third kappa shape index (κ3) is 6.35. The van der Waals surface area contributed by atoms with Crippen LogP contribution in [-0.4, -0.2) is 34.2 Å². The maximum absolute atomic E-state index is 11.4. The molecule has 0 heterocycles. The highest BCUT2D eigenvalue weighted by atomic mass is 16.4. The van der Waals surface area contributed by atoms with Crippen LogP contribution in [0, 0.1) is 0 Å². The van der Waals surface area contributed by atoms with Gasteiger partial charge in [-0.1, -0.05) is 103 Å². The van der Waals surface area contributed by atoms with E-state index in [1.165, 1.54) is 11.1 Å². The van der Waals surface area contributed by atoms with Crippen molar-refractivity contribution in [3.63, 3.8) is 0 Å². The molecule has 6 N–H and O–H groups in total. The fraction of sp³-hybridized carbons (Fsp3) is 0.188. The zero-order valence-electron chi connectivity index (χ0n) is 21.0. The van der Waals surface area contributed by atoms with E-state index < -0.39 is 24.0 Å². The molecule has 1 aliphatic carbocycles. The molecule has 0 amide bonds. The van der Waals surface area contributed by atoms with Crippen molar-refractivity contribution >= 4 is 11.9 Å². The minimum absolute atomic E-state index is 0.276. The van der Waals surface area contributed by atoms with E-state index >= 15 is 0 Å². The van der Waals surface area contributed by atoms with Gasteiger partial charge in [-0.15, -0.1) is 0 Å². The largest absolute Gasteiger partial charge is 0.480 e. The van der Waals surface area contributed by atoms with Gasteiger partial charge in [0.15, 0.2) is 0 Å². The zero-order valence-corrected chi connectivity index (χ0v) is 21.0. The van der Waals surface area contributed by atoms with E-state index in [1.807, 2.05) is 91.0 Å². The lowest BCUT2D eigenvalue weighted by molar-refractivity contribution is -0.139. The number of carbonyl (C=O) groups is 2. The molecule has 0 saturated heterocycles. The lowest BCUT2D eigenvalue weighted by atomic mass is 9.83. The second kappa shape index (κ2) is 12.3. The second-order valence-electron chi connectivity index (χ2n) is 9.45. The molecule has 0 aromatic heterocycles. The molecule has 194 valence electrons. The van der Waals surface area contributed by atoms with Crippen molar-refractivity contribution < 1.29 is 19.8 Å². The summed E-state index contributed by atoms with van der Waals surface area (Å²) in [5.74, 6) is -2.20. The Balaban J connectivity index is 0.000000178. The summed E-state index contributed by atoms with van der Waals surface area (Å²) in [6, 6.07) is 32.1. The molecule has 0 saturated carbocycles. The van der Waals surface area contributed by atoms with Gasteiger partial charge in [-0.2, -0.15) is 0 Å². The summed E-state index contributed by atoms with van der Waals surface area (Å²) >= 11 is 0. The summed E-state index contributed by atoms with van der Waals surface area (Å²) < 4.78 is 0. The van der Waals surface area contributed by atoms with Gasteiger partial charge in [-0.3, -0.25) is 9.59 Å². The summed E-state index contributed by atoms with van der Waals surface area (Å²) in [4.78, 5) is 22.1. The molecule has 0 aliphatic heterocycles. The zero-order chi connectivity index (χ0) is 27.1. The minimum Gasteiger partial charge on any atom is -0.480 e. The first-order valence-electron chi connectivity index (χ1n) is 12.6. The van der Waals surface area contributed by atoms with Crippen LogP contribution in [0.25, 0.3) is 11.1 Å². The number of aryl methyl sites for hydroxylation is 2. The Morgan fingerprint density at radius 2 is 1.13 bits per heavy atom. The van der Waals surface area contributed by atoms with Crippen molar-refractivity contribution in [3.8, 4) is 11.1 Å². The summed E-state index contributed by atoms with van der Waals surface area (Å²) in [5.41, 5.74) is 19.2. The summed E-state index contributed by atoms with van der Waals surface area (Å²) in [6.45, 7) is 0. The Morgan fingerprint density at radius 3 is 1.63 bits per heavy atom. The quantitative estimate of drug-likeness (QED) is 0.301. The molecule has 4 aromatic rings. The number of carboxylic acids is 2. The standard InChI is InChI=1S/C17H17NO2.C15H15NO2/c18-16(17(19)20)15-13-7-3-1-5-11(13)9-10-12-6-2-4-8-14(12)15;16-14(15(17)18)10-11-6-8-13(9-7-11)12-4-2-1-3-5-12/h1-8,15-16H,9-10,18H2,(H,19,20);1-9,14H,10,16H2,(H,17,18)/t;14-/m.0/s1. The fourth-order valence-corrected chi connectivity index (χ4v) is 4.90. The molecule has 6 heteroatoms. The number of hydrogen-bond acceptors (Lipinski definition) is 4. The van der Waals surface area contributed by atoms with Crippen LogP contribution in [0.5, 0.6) is 0 Å². The Kier molecular flexibility index (Phi) is 8.69. The van der Waals surface area contributed by atoms with Crippen LogP contribution in [-0.2, 0) is 28.9 Å². The monoisotopic (exact) mass is 508 g/mol. The van der Waals surface area contributed by atoms with Crippen LogP contribution >= 0.6 is 0 Å². The first-order valence-corrected chi connectivity index (χ1v) is 12.6. The minimum atomic E-state index is -0.970. The average molecular weight is 509 g/mol. The molecule has 0 spiro atoms. The molecule has 5 rings (SSSR count). The number of carboxylic acid groups (broad SMARTS) is 2. The molecule has 0 radical (unpaired) electrons. The van der Waals surface area contributed by atoms with Crippen LogP contribution in [0.1, 0.15) is 33.7 Å². The SMILES string of the molecule is NC(C(=O)O)C1c2ccccc2CCc2ccccc21.N[C@@H](Cc1ccc(-c2ccccc2)cc1)C(=O)O. The van der Waals surface area contributed by atoms with Gasteiger partial charge in [0, 0.05) is 5.92 Å². The molecular weight excluding hydrogens is 476 g/mol. The highest BCUT2D eigenvalue weighted by Gasteiger charge is 2.32. The third-order valence-electron chi connectivity index (χ3n) is 6.92. The molecular formula is C32H32N2O4. The predicted octanol–water partition coefficient (Wildman–Crippen LogP) is 4.64. The van der Waals surface area contributed by atoms with Gasteiger partial charge in [-0.05, 0) is 58.2 Å². The van der Waals surface area contributed by atoms with Crippen LogP contribution in [0.3, 0.4) is 0 Å². The van der Waals surface area contributed by atoms with Crippen molar-refractivity contribution in [2.75, 3.05) is 0 Å². The van der Waals surface area contributed by atoms with Gasteiger partial charge < -0.3 is 21.7 Å². The van der Waals surface area contributed by atoms with E-state index in [0.29, 0.717) is 6.42 Å². The molecule has 6 nitrogen and oxygen atoms in total. The van der Waals surface area contributed by atoms with Crippen molar-refractivity contribution in [1.82, 2.24) is 0 Å². The van der Waals surface area contributed by atoms with E-state index in [9.17, 15) is 14.7 Å². The van der Waals surface area contributed by atoms with E-state index in [2.05, 4.69) is 12.1 Å². The number of aliphatic carboxylic acids is 2. The van der Waals surface area contributed by atoms with Crippen molar-refractivity contribution in [2.45, 2.75) is 37.3 Å². The topological polar surface area (TPSA) is 127 Å². The van der Waals surface area contributed by atoms with Crippen LogP contribution < -0.4 is 11.5 Å². The first-order chi connectivity index (χ1) is 18.3. The van der Waals surface area contributed by atoms with Gasteiger partial charge in [0.05, 0.1) is 0 Å². The predicted molar refractivity (Wildman–Crippen MR) is 149 cm³/mol. The highest BCUT2D eigenvalue weighted by molar-refractivity contribution is 5.76. The number of fused-ring (bicyclic) bond motifs is 2. The Morgan fingerprint density at radius 1 is 0.658 bits per heavy atom. The summed E-state index contributed by atoms with van der Waals surface area (Å²) in [6.07, 6.45) is 2.20. The number of rotatable bonds is 6. The molecule has 0 fully saturated rings. The number of hydrogen-bond donors (Lipinski definition) is 4. The lowest BCUT2D eigenvalue weighted by Crippen LogP contribution is -2.37. The van der Waals surface area contributed by atoms with Gasteiger partial charge in [-0.25, -0.2) is 0 Å². The van der Waals surface area contributed by atoms with Crippen LogP contribution in [0.2, 0.25) is 0 Å². The van der Waals surface area contributed by atoms with E-state index in [4.69, 9.17) is 16.6 Å². The Bertz CT molecular complexity index is 1340. The van der Waals surface area contributed by atoms with Crippen molar-refractivity contribution in [3.05, 3.63) is 131 Å². The second-order valence-corrected chi connectivity index (χ2v) is 9.45. The van der Waals surface area contributed by atoms with Gasteiger partial charge in [0.25, 0.3) is 0 Å². The molecule has 0 bridgehead atoms. The molecule has 1 aliphatic rings. The highest BCUT2D eigenvalue weighted by Crippen LogP contribution is 2.36. The van der Waals surface area contributed by atoms with Gasteiger partial charge >= 0.3 is 11.9 Å². The molecule has 4 aromatic carbocycles. The van der Waals surface area contributed by atoms with Crippen molar-refractivity contribution in [2.24, 2.45) is 11.5 Å². The van der Waals surface area contributed by atoms with Crippen LogP contribution in [0.15, 0.2) is 103 Å². The maximum Gasteiger partial charge on any atom is 0.321 e. The van der Waals surface area contributed by atoms with Gasteiger partial charge in [0.2, 0.25) is 0 Å². The smallest absolute Gasteiger partial charge is 0.321 e. The Hall–Kier alpha value is -4.26.